The van der Waals surface area contributed by atoms with Crippen LogP contribution in [0.15, 0.2) is 67.1 Å². The highest BCUT2D eigenvalue weighted by Crippen LogP contribution is 2.40. The molecule has 9 heteroatoms. The third kappa shape index (κ3) is 4.04. The average Bonchev–Trinajstić information content (AvgIpc) is 3.43. The van der Waals surface area contributed by atoms with Crippen LogP contribution in [-0.4, -0.2) is 34.8 Å². The molecule has 2 N–H and O–H groups in total. The molecule has 6 aromatic rings. The van der Waals surface area contributed by atoms with Crippen molar-refractivity contribution < 1.29 is 9.53 Å². The van der Waals surface area contributed by atoms with E-state index in [1.807, 2.05) is 78.5 Å². The molecule has 9 nitrogen and oxygen atoms in total. The van der Waals surface area contributed by atoms with Crippen molar-refractivity contribution in [2.24, 2.45) is 12.8 Å². The Morgan fingerprint density at radius 2 is 1.74 bits per heavy atom. The number of primary amides is 1. The minimum absolute atomic E-state index is 0.258. The van der Waals surface area contributed by atoms with Gasteiger partial charge in [-0.05, 0) is 55.7 Å². The molecule has 0 aliphatic carbocycles. The maximum absolute atomic E-state index is 12.9. The zero-order valence-corrected chi connectivity index (χ0v) is 21.5. The minimum atomic E-state index is -0.552. The number of fused-ring (bicyclic) bond motifs is 2. The van der Waals surface area contributed by atoms with Crippen LogP contribution in [0.4, 0.5) is 0 Å². The number of aromatic nitrogens is 6. The zero-order valence-electron chi connectivity index (χ0n) is 21.5. The molecule has 0 bridgehead atoms. The van der Waals surface area contributed by atoms with E-state index in [1.54, 1.807) is 18.5 Å². The highest BCUT2D eigenvalue weighted by atomic mass is 16.5. The van der Waals surface area contributed by atoms with E-state index in [9.17, 15) is 4.79 Å². The molecule has 190 valence electrons. The van der Waals surface area contributed by atoms with Gasteiger partial charge in [0.1, 0.15) is 5.75 Å². The fourth-order valence-electron chi connectivity index (χ4n) is 4.80. The Morgan fingerprint density at radius 1 is 0.974 bits per heavy atom. The molecule has 0 radical (unpaired) electrons. The molecule has 4 heterocycles. The third-order valence-electron chi connectivity index (χ3n) is 6.60. The maximum Gasteiger partial charge on any atom is 0.322 e. The summed E-state index contributed by atoms with van der Waals surface area (Å²) in [6.45, 7) is 3.77. The minimum Gasteiger partial charge on any atom is -0.424 e. The number of carbonyl (C=O) groups excluding carboxylic acids is 1. The first-order chi connectivity index (χ1) is 18.8. The van der Waals surface area contributed by atoms with Crippen molar-refractivity contribution in [2.75, 3.05) is 0 Å². The predicted molar refractivity (Wildman–Crippen MR) is 148 cm³/mol. The molecule has 0 aliphatic rings. The molecular weight excluding hydrogens is 490 g/mol. The predicted octanol–water partition coefficient (Wildman–Crippen LogP) is 4.83. The summed E-state index contributed by atoms with van der Waals surface area (Å²) in [7, 11) is 1.88. The lowest BCUT2D eigenvalue weighted by molar-refractivity contribution is 0.100. The van der Waals surface area contributed by atoms with Crippen LogP contribution in [0.1, 0.15) is 27.6 Å². The summed E-state index contributed by atoms with van der Waals surface area (Å²) >= 11 is 0. The smallest absolute Gasteiger partial charge is 0.322 e. The van der Waals surface area contributed by atoms with Gasteiger partial charge in [-0.2, -0.15) is 0 Å². The topological polar surface area (TPSA) is 113 Å². The van der Waals surface area contributed by atoms with E-state index >= 15 is 0 Å². The van der Waals surface area contributed by atoms with Gasteiger partial charge in [0.15, 0.2) is 5.82 Å². The fourth-order valence-corrected chi connectivity index (χ4v) is 4.80. The summed E-state index contributed by atoms with van der Waals surface area (Å²) in [6.07, 6.45) is 10.9. The number of hydrogen-bond acceptors (Lipinski definition) is 6. The quantitative estimate of drug-likeness (QED) is 0.330. The Kier molecular flexibility index (Phi) is 5.58. The molecule has 0 unspecified atom stereocenters. The van der Waals surface area contributed by atoms with E-state index in [1.165, 1.54) is 0 Å². The number of aryl methyl sites for hydroxylation is 3. The van der Waals surface area contributed by atoms with Gasteiger partial charge >= 0.3 is 6.01 Å². The molecule has 0 saturated heterocycles. The van der Waals surface area contributed by atoms with Crippen molar-refractivity contribution in [2.45, 2.75) is 13.8 Å². The first kappa shape index (κ1) is 23.9. The van der Waals surface area contributed by atoms with E-state index < -0.39 is 5.91 Å². The van der Waals surface area contributed by atoms with Crippen molar-refractivity contribution in [3.63, 3.8) is 0 Å². The van der Waals surface area contributed by atoms with Crippen LogP contribution >= 0.6 is 0 Å². The average molecular weight is 514 g/mol. The van der Waals surface area contributed by atoms with Crippen LogP contribution in [0.2, 0.25) is 0 Å². The molecule has 6 rings (SSSR count). The number of nitrogens with two attached hydrogens (primary N) is 1. The first-order valence-corrected chi connectivity index (χ1v) is 12.2. The van der Waals surface area contributed by atoms with Gasteiger partial charge in [-0.15, -0.1) is 6.42 Å². The molecule has 39 heavy (non-hydrogen) atoms. The Balaban J connectivity index is 1.57. The zero-order chi connectivity index (χ0) is 27.3. The number of rotatable bonds is 5. The van der Waals surface area contributed by atoms with Gasteiger partial charge in [0, 0.05) is 36.3 Å². The number of hydrogen-bond donors (Lipinski definition) is 1. The molecule has 1 amide bonds. The van der Waals surface area contributed by atoms with Crippen molar-refractivity contribution in [3.05, 3.63) is 89.9 Å². The van der Waals surface area contributed by atoms with Gasteiger partial charge in [-0.25, -0.2) is 15.0 Å². The molecule has 0 atom stereocenters. The summed E-state index contributed by atoms with van der Waals surface area (Å²) in [4.78, 5) is 30.3. The highest BCUT2D eigenvalue weighted by Gasteiger charge is 2.25. The summed E-state index contributed by atoms with van der Waals surface area (Å²) in [5.74, 6) is 3.16. The Bertz CT molecular complexity index is 1960. The fraction of sp³-hybridized carbons (Fsp3) is 0.100. The first-order valence-electron chi connectivity index (χ1n) is 12.2. The van der Waals surface area contributed by atoms with E-state index in [-0.39, 0.29) is 6.01 Å². The van der Waals surface area contributed by atoms with E-state index in [2.05, 4.69) is 25.9 Å². The van der Waals surface area contributed by atoms with E-state index in [0.29, 0.717) is 28.2 Å². The van der Waals surface area contributed by atoms with Crippen LogP contribution in [-0.2, 0) is 7.05 Å². The second-order valence-corrected chi connectivity index (χ2v) is 9.20. The lowest BCUT2D eigenvalue weighted by Crippen LogP contribution is -2.12. The Labute approximate surface area is 224 Å². The Hall–Kier alpha value is -5.49. The van der Waals surface area contributed by atoms with Crippen LogP contribution in [0.5, 0.6) is 11.8 Å². The van der Waals surface area contributed by atoms with Crippen molar-refractivity contribution in [3.8, 4) is 46.5 Å². The van der Waals surface area contributed by atoms with Crippen LogP contribution < -0.4 is 10.5 Å². The van der Waals surface area contributed by atoms with E-state index in [0.717, 1.165) is 39.2 Å². The van der Waals surface area contributed by atoms with Gasteiger partial charge < -0.3 is 19.4 Å². The van der Waals surface area contributed by atoms with Gasteiger partial charge in [0.25, 0.3) is 5.91 Å². The monoisotopic (exact) mass is 513 g/mol. The normalized spacial score (nSPS) is 11.1. The number of amides is 1. The number of ether oxygens (including phenoxy) is 1. The second kappa shape index (κ2) is 9.11. The lowest BCUT2D eigenvalue weighted by Gasteiger charge is -2.10. The van der Waals surface area contributed by atoms with Gasteiger partial charge in [0.05, 0.1) is 39.7 Å². The summed E-state index contributed by atoms with van der Waals surface area (Å²) in [5.41, 5.74) is 13.3. The van der Waals surface area contributed by atoms with Gasteiger partial charge in [-0.1, -0.05) is 18.2 Å². The molecule has 0 aliphatic heterocycles. The summed E-state index contributed by atoms with van der Waals surface area (Å²) in [5, 5.41) is 0. The number of benzene rings is 2. The van der Waals surface area contributed by atoms with Crippen LogP contribution in [0.25, 0.3) is 38.9 Å². The standard InChI is InChI=1S/C30H23N7O2/c1-5-25-35-22-11-8-20(14-23(22)36(25)4)28-26(27(29(31)38)24-15-33-18(3)16-37(24)28)19-6-9-21(10-7-19)39-30-32-13-12-17(2)34-30/h1,6-16H,2-4H3,(H2,31,38). The van der Waals surface area contributed by atoms with Crippen molar-refractivity contribution in [1.29, 1.82) is 0 Å². The molecule has 4 aromatic heterocycles. The lowest BCUT2D eigenvalue weighted by atomic mass is 9.96. The van der Waals surface area contributed by atoms with Gasteiger partial charge in [0.2, 0.25) is 0 Å². The van der Waals surface area contributed by atoms with Crippen LogP contribution in [0.3, 0.4) is 0 Å². The van der Waals surface area contributed by atoms with Gasteiger partial charge in [-0.3, -0.25) is 9.78 Å². The summed E-state index contributed by atoms with van der Waals surface area (Å²) < 4.78 is 9.67. The van der Waals surface area contributed by atoms with Crippen molar-refractivity contribution >= 4 is 22.5 Å². The van der Waals surface area contributed by atoms with Crippen LogP contribution in [0, 0.1) is 26.2 Å². The molecule has 0 spiro atoms. The molecule has 2 aromatic carbocycles. The SMILES string of the molecule is C#Cc1nc2ccc(-c3c(-c4ccc(Oc5nccc(C)n5)cc4)c(C(N)=O)c4cnc(C)cn34)cc2n1C. The largest absolute Gasteiger partial charge is 0.424 e. The number of terminal acetylenes is 1. The number of nitrogens with zero attached hydrogens (tertiary/aromatic N) is 6. The highest BCUT2D eigenvalue weighted by molar-refractivity contribution is 6.11. The second-order valence-electron chi connectivity index (χ2n) is 9.20. The molecule has 0 fully saturated rings. The van der Waals surface area contributed by atoms with E-state index in [4.69, 9.17) is 16.9 Å². The van der Waals surface area contributed by atoms with Crippen molar-refractivity contribution in [1.82, 2.24) is 28.9 Å². The molecule has 0 saturated carbocycles. The summed E-state index contributed by atoms with van der Waals surface area (Å²) in [6, 6.07) is 15.3. The third-order valence-corrected chi connectivity index (χ3v) is 6.60. The molecular formula is C30H23N7O2. The number of imidazole rings is 1. The number of carbonyl (C=O) groups is 1. The Morgan fingerprint density at radius 3 is 2.46 bits per heavy atom. The maximum atomic E-state index is 12.9.